The van der Waals surface area contributed by atoms with Gasteiger partial charge in [0.15, 0.2) is 5.78 Å². The summed E-state index contributed by atoms with van der Waals surface area (Å²) in [5, 5.41) is 0. The molecule has 0 aromatic heterocycles. The van der Waals surface area contributed by atoms with Gasteiger partial charge in [0, 0.05) is 35.6 Å². The van der Waals surface area contributed by atoms with Gasteiger partial charge >= 0.3 is 0 Å². The van der Waals surface area contributed by atoms with E-state index in [0.717, 1.165) is 29.0 Å². The maximum absolute atomic E-state index is 12.1. The maximum atomic E-state index is 12.1. The molecule has 0 N–H and O–H groups in total. The molecule has 2 unspecified atom stereocenters. The number of hydrogen-bond donors (Lipinski definition) is 0. The van der Waals surface area contributed by atoms with Gasteiger partial charge in [-0.15, -0.1) is 0 Å². The number of carbonyl (C=O) groups is 1. The highest BCUT2D eigenvalue weighted by Crippen LogP contribution is 2.22. The molecule has 2 atom stereocenters. The van der Waals surface area contributed by atoms with Crippen molar-refractivity contribution in [2.45, 2.75) is 32.7 Å². The van der Waals surface area contributed by atoms with Gasteiger partial charge in [-0.1, -0.05) is 35.0 Å². The van der Waals surface area contributed by atoms with E-state index in [1.165, 1.54) is 6.42 Å². The molecule has 1 aromatic carbocycles. The van der Waals surface area contributed by atoms with E-state index in [9.17, 15) is 4.79 Å². The van der Waals surface area contributed by atoms with Gasteiger partial charge in [-0.2, -0.15) is 0 Å². The van der Waals surface area contributed by atoms with Crippen molar-refractivity contribution < 1.29 is 4.79 Å². The normalized spacial score (nSPS) is 24.4. The van der Waals surface area contributed by atoms with Crippen LogP contribution in [0, 0.1) is 5.92 Å². The summed E-state index contributed by atoms with van der Waals surface area (Å²) in [6.07, 6.45) is 1.87. The fraction of sp³-hybridized carbons (Fsp3) is 0.533. The second kappa shape index (κ2) is 5.98. The minimum absolute atomic E-state index is 0.239. The summed E-state index contributed by atoms with van der Waals surface area (Å²) in [5.41, 5.74) is 0.810. The van der Waals surface area contributed by atoms with Crippen molar-refractivity contribution >= 4 is 21.7 Å². The third-order valence-corrected chi connectivity index (χ3v) is 4.18. The van der Waals surface area contributed by atoms with Crippen LogP contribution in [0.3, 0.4) is 0 Å². The zero-order valence-corrected chi connectivity index (χ0v) is 12.6. The zero-order chi connectivity index (χ0) is 13.1. The zero-order valence-electron chi connectivity index (χ0n) is 11.0. The van der Waals surface area contributed by atoms with E-state index < -0.39 is 0 Å². The van der Waals surface area contributed by atoms with Crippen LogP contribution in [0.2, 0.25) is 0 Å². The first kappa shape index (κ1) is 13.8. The van der Waals surface area contributed by atoms with Crippen LogP contribution in [0.4, 0.5) is 0 Å². The van der Waals surface area contributed by atoms with Crippen LogP contribution in [0.5, 0.6) is 0 Å². The molecule has 98 valence electrons. The fourth-order valence-electron chi connectivity index (χ4n) is 2.75. The lowest BCUT2D eigenvalue weighted by molar-refractivity contribution is 0.0962. The lowest BCUT2D eigenvalue weighted by Crippen LogP contribution is -2.29. The highest BCUT2D eigenvalue weighted by atomic mass is 79.9. The number of ketones is 1. The Bertz CT molecular complexity index is 432. The van der Waals surface area contributed by atoms with Gasteiger partial charge in [0.1, 0.15) is 0 Å². The molecule has 3 heteroatoms. The largest absolute Gasteiger partial charge is 0.300 e. The third-order valence-electron chi connectivity index (χ3n) is 3.69. The van der Waals surface area contributed by atoms with Gasteiger partial charge in [-0.25, -0.2) is 0 Å². The Labute approximate surface area is 117 Å². The lowest BCUT2D eigenvalue weighted by atomic mass is 10.1. The Morgan fingerprint density at radius 1 is 1.44 bits per heavy atom. The monoisotopic (exact) mass is 309 g/mol. The number of rotatable bonds is 4. The van der Waals surface area contributed by atoms with Crippen molar-refractivity contribution in [2.24, 2.45) is 5.92 Å². The molecule has 0 saturated carbocycles. The quantitative estimate of drug-likeness (QED) is 0.789. The van der Waals surface area contributed by atoms with Crippen LogP contribution in [0.1, 0.15) is 37.0 Å². The van der Waals surface area contributed by atoms with Gasteiger partial charge in [-0.05, 0) is 31.4 Å². The van der Waals surface area contributed by atoms with E-state index >= 15 is 0 Å². The van der Waals surface area contributed by atoms with Gasteiger partial charge in [0.05, 0.1) is 0 Å². The van der Waals surface area contributed by atoms with Crippen LogP contribution in [0.25, 0.3) is 0 Å². The molecule has 0 aliphatic carbocycles. The van der Waals surface area contributed by atoms with Crippen LogP contribution >= 0.6 is 15.9 Å². The third kappa shape index (κ3) is 3.42. The maximum Gasteiger partial charge on any atom is 0.164 e. The average molecular weight is 310 g/mol. The van der Waals surface area contributed by atoms with Crippen LogP contribution in [-0.4, -0.2) is 29.8 Å². The highest BCUT2D eigenvalue weighted by molar-refractivity contribution is 9.10. The molecule has 0 amide bonds. The van der Waals surface area contributed by atoms with Gasteiger partial charge in [-0.3, -0.25) is 9.69 Å². The lowest BCUT2D eigenvalue weighted by Gasteiger charge is -2.20. The SMILES string of the molecule is CC1CC(C)N(CCC(=O)c2cccc(Br)c2)C1. The summed E-state index contributed by atoms with van der Waals surface area (Å²) in [4.78, 5) is 14.5. The van der Waals surface area contributed by atoms with Crippen molar-refractivity contribution in [2.75, 3.05) is 13.1 Å². The number of likely N-dealkylation sites (tertiary alicyclic amines) is 1. The Balaban J connectivity index is 1.89. The predicted octanol–water partition coefficient (Wildman–Crippen LogP) is 3.75. The van der Waals surface area contributed by atoms with Crippen molar-refractivity contribution in [1.29, 1.82) is 0 Å². The second-order valence-electron chi connectivity index (χ2n) is 5.37. The Kier molecular flexibility index (Phi) is 4.57. The topological polar surface area (TPSA) is 20.3 Å². The summed E-state index contributed by atoms with van der Waals surface area (Å²) in [7, 11) is 0. The molecule has 2 nitrogen and oxygen atoms in total. The summed E-state index contributed by atoms with van der Waals surface area (Å²) in [5.74, 6) is 1.00. The standard InChI is InChI=1S/C15H20BrNO/c1-11-8-12(2)17(10-11)7-6-15(18)13-4-3-5-14(16)9-13/h3-5,9,11-12H,6-8,10H2,1-2H3. The first-order chi connectivity index (χ1) is 8.56. The van der Waals surface area contributed by atoms with Crippen LogP contribution in [-0.2, 0) is 0 Å². The first-order valence-corrected chi connectivity index (χ1v) is 7.38. The molecule has 18 heavy (non-hydrogen) atoms. The van der Waals surface area contributed by atoms with Crippen LogP contribution < -0.4 is 0 Å². The summed E-state index contributed by atoms with van der Waals surface area (Å²) < 4.78 is 0.969. The van der Waals surface area contributed by atoms with Gasteiger partial charge in [0.25, 0.3) is 0 Å². The van der Waals surface area contributed by atoms with Gasteiger partial charge < -0.3 is 0 Å². The van der Waals surface area contributed by atoms with Crippen molar-refractivity contribution in [1.82, 2.24) is 4.90 Å². The summed E-state index contributed by atoms with van der Waals surface area (Å²) in [6.45, 7) is 6.56. The van der Waals surface area contributed by atoms with Crippen molar-refractivity contribution in [3.8, 4) is 0 Å². The van der Waals surface area contributed by atoms with E-state index in [1.807, 2.05) is 24.3 Å². The highest BCUT2D eigenvalue weighted by Gasteiger charge is 2.25. The number of halogens is 1. The molecule has 1 aromatic rings. The number of Topliss-reactive ketones (excluding diaryl/α,β-unsaturated/α-hetero) is 1. The number of carbonyl (C=O) groups excluding carboxylic acids is 1. The first-order valence-electron chi connectivity index (χ1n) is 6.59. The van der Waals surface area contributed by atoms with E-state index in [1.54, 1.807) is 0 Å². The Morgan fingerprint density at radius 2 is 2.22 bits per heavy atom. The minimum Gasteiger partial charge on any atom is -0.300 e. The van der Waals surface area contributed by atoms with E-state index in [4.69, 9.17) is 0 Å². The second-order valence-corrected chi connectivity index (χ2v) is 6.28. The molecule has 0 spiro atoms. The summed E-state index contributed by atoms with van der Waals surface area (Å²) >= 11 is 3.40. The molecule has 0 radical (unpaired) electrons. The molecular weight excluding hydrogens is 290 g/mol. The number of benzene rings is 1. The molecule has 1 fully saturated rings. The Hall–Kier alpha value is -0.670. The van der Waals surface area contributed by atoms with Crippen LogP contribution in [0.15, 0.2) is 28.7 Å². The van der Waals surface area contributed by atoms with Gasteiger partial charge in [0.2, 0.25) is 0 Å². The number of nitrogens with zero attached hydrogens (tertiary/aromatic N) is 1. The summed E-state index contributed by atoms with van der Waals surface area (Å²) in [6, 6.07) is 8.27. The predicted molar refractivity (Wildman–Crippen MR) is 77.9 cm³/mol. The molecule has 2 rings (SSSR count). The fourth-order valence-corrected chi connectivity index (χ4v) is 3.15. The molecule has 1 heterocycles. The smallest absolute Gasteiger partial charge is 0.164 e. The molecule has 1 aliphatic rings. The minimum atomic E-state index is 0.239. The Morgan fingerprint density at radius 3 is 2.83 bits per heavy atom. The van der Waals surface area contributed by atoms with E-state index in [0.29, 0.717) is 12.5 Å². The number of hydrogen-bond acceptors (Lipinski definition) is 2. The molecule has 1 saturated heterocycles. The molecule has 0 bridgehead atoms. The van der Waals surface area contributed by atoms with Crippen molar-refractivity contribution in [3.63, 3.8) is 0 Å². The van der Waals surface area contributed by atoms with E-state index in [2.05, 4.69) is 34.7 Å². The average Bonchev–Trinajstić information content (AvgIpc) is 2.65. The molecule has 1 aliphatic heterocycles. The van der Waals surface area contributed by atoms with Crippen molar-refractivity contribution in [3.05, 3.63) is 34.3 Å². The molecular formula is C15H20BrNO. The van der Waals surface area contributed by atoms with E-state index in [-0.39, 0.29) is 5.78 Å².